The molecule has 2 aromatic rings. The maximum atomic E-state index is 11.5. The predicted molar refractivity (Wildman–Crippen MR) is 113 cm³/mol. The number of carboxylic acids is 1. The maximum Gasteiger partial charge on any atom is 0.337 e. The van der Waals surface area contributed by atoms with Gasteiger partial charge in [0.1, 0.15) is 4.99 Å². The van der Waals surface area contributed by atoms with Crippen molar-refractivity contribution in [3.8, 4) is 6.07 Å². The van der Waals surface area contributed by atoms with Gasteiger partial charge >= 0.3 is 5.97 Å². The van der Waals surface area contributed by atoms with Crippen LogP contribution in [0.4, 0.5) is 5.69 Å². The molecule has 27 heavy (non-hydrogen) atoms. The van der Waals surface area contributed by atoms with Gasteiger partial charge in [-0.25, -0.2) is 9.10 Å². The summed E-state index contributed by atoms with van der Waals surface area (Å²) in [5, 5.41) is 21.3. The summed E-state index contributed by atoms with van der Waals surface area (Å²) in [4.78, 5) is 13.0. The average Bonchev–Trinajstić information content (AvgIpc) is 2.67. The molecule has 0 aliphatic rings. The Kier molecular flexibility index (Phi) is 7.80. The van der Waals surface area contributed by atoms with Gasteiger partial charge in [0, 0.05) is 23.5 Å². The van der Waals surface area contributed by atoms with Crippen molar-refractivity contribution < 1.29 is 9.90 Å². The standard InChI is InChI=1S/C20H21N3O2S2/c1-3-10-23(4-2)27-16-7-5-6-15(12-16)19(26)22-18-9-8-14(13-21)11-17(18)20(24)25/h5-9,11-12H,3-4,10H2,1-2H3,(H,22,26)(H,24,25). The van der Waals surface area contributed by atoms with Gasteiger partial charge in [0.15, 0.2) is 0 Å². The molecule has 2 aromatic carbocycles. The molecular formula is C20H21N3O2S2. The fraction of sp³-hybridized carbons (Fsp3) is 0.250. The molecule has 0 bridgehead atoms. The molecular weight excluding hydrogens is 378 g/mol. The number of thiocarbonyl (C=S) groups is 1. The third-order valence-electron chi connectivity index (χ3n) is 3.78. The minimum absolute atomic E-state index is 0.0158. The number of rotatable bonds is 8. The minimum atomic E-state index is -1.11. The van der Waals surface area contributed by atoms with E-state index in [0.717, 1.165) is 30.0 Å². The summed E-state index contributed by atoms with van der Waals surface area (Å²) in [5.41, 5.74) is 1.48. The SMILES string of the molecule is CCCN(CC)Sc1cccc(C(=S)Nc2ccc(C#N)cc2C(=O)O)c1. The van der Waals surface area contributed by atoms with E-state index >= 15 is 0 Å². The molecule has 0 aliphatic heterocycles. The number of anilines is 1. The number of carbonyl (C=O) groups is 1. The van der Waals surface area contributed by atoms with E-state index in [0.29, 0.717) is 10.7 Å². The predicted octanol–water partition coefficient (Wildman–Crippen LogP) is 4.78. The van der Waals surface area contributed by atoms with Crippen LogP contribution in [0.5, 0.6) is 0 Å². The van der Waals surface area contributed by atoms with Crippen LogP contribution in [-0.4, -0.2) is 33.5 Å². The zero-order valence-electron chi connectivity index (χ0n) is 15.2. The van der Waals surface area contributed by atoms with Crippen molar-refractivity contribution in [3.05, 3.63) is 59.2 Å². The normalized spacial score (nSPS) is 10.4. The number of hydrogen-bond acceptors (Lipinski definition) is 5. The smallest absolute Gasteiger partial charge is 0.337 e. The van der Waals surface area contributed by atoms with E-state index in [9.17, 15) is 9.90 Å². The van der Waals surface area contributed by atoms with Crippen LogP contribution in [0.3, 0.4) is 0 Å². The van der Waals surface area contributed by atoms with Crippen molar-refractivity contribution >= 4 is 40.8 Å². The summed E-state index contributed by atoms with van der Waals surface area (Å²) in [6, 6.07) is 14.2. The lowest BCUT2D eigenvalue weighted by Crippen LogP contribution is -2.16. The number of nitrogens with one attached hydrogen (secondary N) is 1. The fourth-order valence-corrected chi connectivity index (χ4v) is 3.71. The first kappa shape index (κ1) is 20.9. The molecule has 0 saturated carbocycles. The Morgan fingerprint density at radius 3 is 2.70 bits per heavy atom. The van der Waals surface area contributed by atoms with Crippen LogP contribution < -0.4 is 5.32 Å². The molecule has 0 unspecified atom stereocenters. The van der Waals surface area contributed by atoms with Crippen LogP contribution in [0.15, 0.2) is 47.4 Å². The Labute approximate surface area is 169 Å². The number of hydrogen-bond donors (Lipinski definition) is 2. The van der Waals surface area contributed by atoms with Gasteiger partial charge in [-0.2, -0.15) is 5.26 Å². The number of nitriles is 1. The molecule has 0 amide bonds. The molecule has 0 heterocycles. The first-order valence-corrected chi connectivity index (χ1v) is 9.78. The van der Waals surface area contributed by atoms with Crippen molar-refractivity contribution in [2.45, 2.75) is 25.2 Å². The highest BCUT2D eigenvalue weighted by Crippen LogP contribution is 2.25. The molecule has 0 radical (unpaired) electrons. The van der Waals surface area contributed by atoms with E-state index in [1.807, 2.05) is 30.3 Å². The van der Waals surface area contributed by atoms with Gasteiger partial charge in [0.05, 0.1) is 22.9 Å². The van der Waals surface area contributed by atoms with Crippen LogP contribution in [0.2, 0.25) is 0 Å². The van der Waals surface area contributed by atoms with E-state index in [2.05, 4.69) is 23.5 Å². The molecule has 140 valence electrons. The van der Waals surface area contributed by atoms with Crippen molar-refractivity contribution in [3.63, 3.8) is 0 Å². The lowest BCUT2D eigenvalue weighted by Gasteiger charge is -2.18. The number of benzene rings is 2. The Bertz CT molecular complexity index is 878. The summed E-state index contributed by atoms with van der Waals surface area (Å²) in [6.07, 6.45) is 1.08. The van der Waals surface area contributed by atoms with E-state index in [1.165, 1.54) is 6.07 Å². The Hall–Kier alpha value is -2.40. The Balaban J connectivity index is 2.21. The molecule has 2 rings (SSSR count). The summed E-state index contributed by atoms with van der Waals surface area (Å²) in [5.74, 6) is -1.11. The maximum absolute atomic E-state index is 11.5. The van der Waals surface area contributed by atoms with Crippen LogP contribution in [-0.2, 0) is 0 Å². The minimum Gasteiger partial charge on any atom is -0.478 e. The van der Waals surface area contributed by atoms with Crippen molar-refractivity contribution in [2.24, 2.45) is 0 Å². The molecule has 0 aromatic heterocycles. The number of nitrogens with zero attached hydrogens (tertiary/aromatic N) is 2. The van der Waals surface area contributed by atoms with Crippen molar-refractivity contribution in [1.82, 2.24) is 4.31 Å². The van der Waals surface area contributed by atoms with Gasteiger partial charge in [-0.05, 0) is 48.7 Å². The summed E-state index contributed by atoms with van der Waals surface area (Å²) < 4.78 is 2.28. The number of carboxylic acid groups (broad SMARTS) is 1. The highest BCUT2D eigenvalue weighted by Gasteiger charge is 2.13. The van der Waals surface area contributed by atoms with Gasteiger partial charge in [0.2, 0.25) is 0 Å². The fourth-order valence-electron chi connectivity index (χ4n) is 2.46. The topological polar surface area (TPSA) is 76.4 Å². The largest absolute Gasteiger partial charge is 0.478 e. The third kappa shape index (κ3) is 5.79. The monoisotopic (exact) mass is 399 g/mol. The zero-order valence-corrected chi connectivity index (χ0v) is 16.9. The van der Waals surface area contributed by atoms with Crippen LogP contribution >= 0.6 is 24.2 Å². The second-order valence-electron chi connectivity index (χ2n) is 5.77. The van der Waals surface area contributed by atoms with Crippen LogP contribution in [0.25, 0.3) is 0 Å². The first-order valence-electron chi connectivity index (χ1n) is 8.60. The highest BCUT2D eigenvalue weighted by atomic mass is 32.2. The van der Waals surface area contributed by atoms with Gasteiger partial charge in [-0.1, -0.05) is 38.2 Å². The quantitative estimate of drug-likeness (QED) is 0.488. The zero-order chi connectivity index (χ0) is 19.8. The summed E-state index contributed by atoms with van der Waals surface area (Å²) in [6.45, 7) is 6.22. The Morgan fingerprint density at radius 1 is 1.30 bits per heavy atom. The second-order valence-corrected chi connectivity index (χ2v) is 7.35. The molecule has 0 fully saturated rings. The van der Waals surface area contributed by atoms with E-state index in [4.69, 9.17) is 17.5 Å². The second kappa shape index (κ2) is 10.1. The van der Waals surface area contributed by atoms with Gasteiger partial charge in [-0.15, -0.1) is 0 Å². The highest BCUT2D eigenvalue weighted by molar-refractivity contribution is 7.97. The van der Waals surface area contributed by atoms with Crippen molar-refractivity contribution in [1.29, 1.82) is 5.26 Å². The number of aromatic carboxylic acids is 1. The average molecular weight is 400 g/mol. The van der Waals surface area contributed by atoms with Gasteiger partial charge < -0.3 is 10.4 Å². The molecule has 0 spiro atoms. The van der Waals surface area contributed by atoms with Crippen LogP contribution in [0.1, 0.15) is 41.8 Å². The summed E-state index contributed by atoms with van der Waals surface area (Å²) >= 11 is 7.15. The lowest BCUT2D eigenvalue weighted by atomic mass is 10.1. The molecule has 2 N–H and O–H groups in total. The van der Waals surface area contributed by atoms with Crippen molar-refractivity contribution in [2.75, 3.05) is 18.4 Å². The van der Waals surface area contributed by atoms with E-state index in [1.54, 1.807) is 24.1 Å². The van der Waals surface area contributed by atoms with Gasteiger partial charge in [-0.3, -0.25) is 0 Å². The molecule has 0 atom stereocenters. The third-order valence-corrected chi connectivity index (χ3v) is 5.29. The molecule has 7 heteroatoms. The van der Waals surface area contributed by atoms with E-state index < -0.39 is 5.97 Å². The molecule has 0 saturated heterocycles. The van der Waals surface area contributed by atoms with Crippen LogP contribution in [0, 0.1) is 11.3 Å². The first-order chi connectivity index (χ1) is 13.0. The molecule has 0 aliphatic carbocycles. The lowest BCUT2D eigenvalue weighted by molar-refractivity contribution is 0.0698. The molecule has 5 nitrogen and oxygen atoms in total. The van der Waals surface area contributed by atoms with Gasteiger partial charge in [0.25, 0.3) is 0 Å². The summed E-state index contributed by atoms with van der Waals surface area (Å²) in [7, 11) is 0. The van der Waals surface area contributed by atoms with E-state index in [-0.39, 0.29) is 11.1 Å². The Morgan fingerprint density at radius 2 is 2.07 bits per heavy atom.